The maximum atomic E-state index is 11.5. The number of carboxylic acids is 1. The summed E-state index contributed by atoms with van der Waals surface area (Å²) in [4.78, 5) is 33.3. The lowest BCUT2D eigenvalue weighted by molar-refractivity contribution is -0.150. The summed E-state index contributed by atoms with van der Waals surface area (Å²) in [6, 6.07) is -2.56. The molecule has 0 radical (unpaired) electrons. The van der Waals surface area contributed by atoms with Gasteiger partial charge in [-0.2, -0.15) is 0 Å². The summed E-state index contributed by atoms with van der Waals surface area (Å²) in [5, 5.41) is 20.0. The Bertz CT molecular complexity index is 317. The van der Waals surface area contributed by atoms with E-state index in [0.29, 0.717) is 0 Å². The van der Waals surface area contributed by atoms with Gasteiger partial charge in [-0.05, 0) is 13.8 Å². The number of aliphatic hydroxyl groups excluding tert-OH is 1. The third-order valence-electron chi connectivity index (χ3n) is 2.05. The summed E-state index contributed by atoms with van der Waals surface area (Å²) in [6.45, 7) is 2.97. The van der Waals surface area contributed by atoms with Crippen LogP contribution in [0.25, 0.3) is 0 Å². The Morgan fingerprint density at radius 3 is 2.33 bits per heavy atom. The van der Waals surface area contributed by atoms with Crippen LogP contribution in [0.5, 0.6) is 0 Å². The molecule has 0 aliphatic rings. The van der Waals surface area contributed by atoms with Crippen LogP contribution >= 0.6 is 0 Å². The van der Waals surface area contributed by atoms with Gasteiger partial charge in [-0.15, -0.1) is 0 Å². The van der Waals surface area contributed by atoms with E-state index in [0.717, 1.165) is 0 Å². The first kappa shape index (κ1) is 16.3. The molecule has 0 saturated heterocycles. The average molecular weight is 262 g/mol. The summed E-state index contributed by atoms with van der Waals surface area (Å²) in [5.74, 6) is -2.87. The molecule has 8 heteroatoms. The maximum Gasteiger partial charge on any atom is 0.331 e. The van der Waals surface area contributed by atoms with Crippen molar-refractivity contribution in [2.24, 2.45) is 5.73 Å². The van der Waals surface area contributed by atoms with E-state index in [1.807, 2.05) is 0 Å². The number of hydrogen-bond acceptors (Lipinski definition) is 6. The summed E-state index contributed by atoms with van der Waals surface area (Å²) in [5.41, 5.74) is 5.31. The molecule has 0 spiro atoms. The third kappa shape index (κ3) is 5.60. The van der Waals surface area contributed by atoms with Crippen molar-refractivity contribution in [2.75, 3.05) is 6.61 Å². The van der Waals surface area contributed by atoms with E-state index in [9.17, 15) is 19.5 Å². The van der Waals surface area contributed by atoms with Crippen molar-refractivity contribution in [1.82, 2.24) is 5.32 Å². The molecule has 0 aliphatic heterocycles. The number of rotatable bonds is 7. The van der Waals surface area contributed by atoms with E-state index in [4.69, 9.17) is 10.8 Å². The average Bonchev–Trinajstić information content (AvgIpc) is 2.24. The molecule has 0 rings (SSSR count). The minimum absolute atomic E-state index is 0.0963. The highest BCUT2D eigenvalue weighted by Crippen LogP contribution is 1.99. The highest BCUT2D eigenvalue weighted by atomic mass is 16.5. The van der Waals surface area contributed by atoms with Gasteiger partial charge in [-0.3, -0.25) is 9.59 Å². The number of esters is 1. The molecule has 1 amide bonds. The number of aliphatic hydroxyl groups is 1. The summed E-state index contributed by atoms with van der Waals surface area (Å²) in [6.07, 6.45) is -1.74. The fraction of sp³-hybridized carbons (Fsp3) is 0.700. The van der Waals surface area contributed by atoms with Crippen molar-refractivity contribution in [2.45, 2.75) is 38.5 Å². The summed E-state index contributed by atoms with van der Waals surface area (Å²) < 4.78 is 4.66. The Labute approximate surface area is 104 Å². The lowest BCUT2D eigenvalue weighted by atomic mass is 10.1. The SMILES string of the molecule is CCOC(=O)[C@H](NC(=O)[C@@H](N)CC(=O)O)[C@@H](C)O. The van der Waals surface area contributed by atoms with Gasteiger partial charge in [0.1, 0.15) is 0 Å². The predicted molar refractivity (Wildman–Crippen MR) is 60.5 cm³/mol. The molecular formula is C10H18N2O6. The first-order valence-electron chi connectivity index (χ1n) is 5.42. The summed E-state index contributed by atoms with van der Waals surface area (Å²) >= 11 is 0. The van der Waals surface area contributed by atoms with Crippen LogP contribution in [0.2, 0.25) is 0 Å². The minimum Gasteiger partial charge on any atom is -0.481 e. The molecule has 18 heavy (non-hydrogen) atoms. The number of carbonyl (C=O) groups is 3. The minimum atomic E-state index is -1.29. The van der Waals surface area contributed by atoms with Crippen molar-refractivity contribution < 1.29 is 29.3 Å². The second-order valence-corrected chi connectivity index (χ2v) is 3.68. The largest absolute Gasteiger partial charge is 0.481 e. The summed E-state index contributed by atoms with van der Waals surface area (Å²) in [7, 11) is 0. The maximum absolute atomic E-state index is 11.5. The topological polar surface area (TPSA) is 139 Å². The number of carboxylic acid groups (broad SMARTS) is 1. The van der Waals surface area contributed by atoms with E-state index in [-0.39, 0.29) is 6.61 Å². The molecule has 0 aromatic carbocycles. The number of nitrogens with one attached hydrogen (secondary N) is 1. The smallest absolute Gasteiger partial charge is 0.331 e. The van der Waals surface area contributed by atoms with Gasteiger partial charge in [-0.1, -0.05) is 0 Å². The number of ether oxygens (including phenoxy) is 1. The predicted octanol–water partition coefficient (Wildman–Crippen LogP) is -1.78. The van der Waals surface area contributed by atoms with Crippen LogP contribution in [0, 0.1) is 0 Å². The molecular weight excluding hydrogens is 244 g/mol. The van der Waals surface area contributed by atoms with E-state index in [2.05, 4.69) is 10.1 Å². The highest BCUT2D eigenvalue weighted by molar-refractivity contribution is 5.90. The van der Waals surface area contributed by atoms with Gasteiger partial charge in [0.25, 0.3) is 0 Å². The van der Waals surface area contributed by atoms with Gasteiger partial charge in [0.15, 0.2) is 6.04 Å². The fourth-order valence-electron chi connectivity index (χ4n) is 1.15. The lowest BCUT2D eigenvalue weighted by Gasteiger charge is -2.21. The molecule has 0 heterocycles. The van der Waals surface area contributed by atoms with E-state index < -0.39 is 42.5 Å². The van der Waals surface area contributed by atoms with Crippen molar-refractivity contribution in [3.63, 3.8) is 0 Å². The Balaban J connectivity index is 4.54. The molecule has 5 N–H and O–H groups in total. The molecule has 0 unspecified atom stereocenters. The highest BCUT2D eigenvalue weighted by Gasteiger charge is 2.29. The van der Waals surface area contributed by atoms with Crippen LogP contribution in [-0.2, 0) is 19.1 Å². The van der Waals surface area contributed by atoms with Crippen molar-refractivity contribution in [1.29, 1.82) is 0 Å². The normalized spacial score (nSPS) is 15.3. The van der Waals surface area contributed by atoms with Gasteiger partial charge in [-0.25, -0.2) is 4.79 Å². The standard InChI is InChI=1S/C10H18N2O6/c1-3-18-10(17)8(5(2)13)12-9(16)6(11)4-7(14)15/h5-6,8,13H,3-4,11H2,1-2H3,(H,12,16)(H,14,15)/t5-,6+,8-/m1/s1. The number of aliphatic carboxylic acids is 1. The molecule has 0 saturated carbocycles. The Morgan fingerprint density at radius 2 is 1.94 bits per heavy atom. The number of carbonyl (C=O) groups excluding carboxylic acids is 2. The van der Waals surface area contributed by atoms with Gasteiger partial charge < -0.3 is 26.0 Å². The van der Waals surface area contributed by atoms with Crippen LogP contribution in [0.3, 0.4) is 0 Å². The zero-order chi connectivity index (χ0) is 14.3. The monoisotopic (exact) mass is 262 g/mol. The van der Waals surface area contributed by atoms with Gasteiger partial charge in [0.05, 0.1) is 25.2 Å². The fourth-order valence-corrected chi connectivity index (χ4v) is 1.15. The van der Waals surface area contributed by atoms with Crippen LogP contribution < -0.4 is 11.1 Å². The van der Waals surface area contributed by atoms with Crippen molar-refractivity contribution >= 4 is 17.8 Å². The second-order valence-electron chi connectivity index (χ2n) is 3.68. The van der Waals surface area contributed by atoms with Crippen molar-refractivity contribution in [3.05, 3.63) is 0 Å². The molecule has 0 aromatic rings. The van der Waals surface area contributed by atoms with Crippen molar-refractivity contribution in [3.8, 4) is 0 Å². The first-order chi connectivity index (χ1) is 8.29. The van der Waals surface area contributed by atoms with E-state index in [1.54, 1.807) is 6.92 Å². The quantitative estimate of drug-likeness (QED) is 0.397. The second kappa shape index (κ2) is 7.62. The first-order valence-corrected chi connectivity index (χ1v) is 5.42. The van der Waals surface area contributed by atoms with Gasteiger partial charge in [0, 0.05) is 0 Å². The van der Waals surface area contributed by atoms with E-state index >= 15 is 0 Å². The third-order valence-corrected chi connectivity index (χ3v) is 2.05. The molecule has 8 nitrogen and oxygen atoms in total. The Hall–Kier alpha value is -1.67. The molecule has 104 valence electrons. The number of hydrogen-bond donors (Lipinski definition) is 4. The van der Waals surface area contributed by atoms with Gasteiger partial charge >= 0.3 is 11.9 Å². The zero-order valence-corrected chi connectivity index (χ0v) is 10.3. The Kier molecular flexibility index (Phi) is 6.91. The van der Waals surface area contributed by atoms with Gasteiger partial charge in [0.2, 0.25) is 5.91 Å². The van der Waals surface area contributed by atoms with Crippen LogP contribution in [0.15, 0.2) is 0 Å². The van der Waals surface area contributed by atoms with Crippen LogP contribution in [0.1, 0.15) is 20.3 Å². The lowest BCUT2D eigenvalue weighted by Crippen LogP contribution is -2.53. The van der Waals surface area contributed by atoms with Crippen LogP contribution in [0.4, 0.5) is 0 Å². The molecule has 3 atom stereocenters. The molecule has 0 bridgehead atoms. The molecule has 0 aliphatic carbocycles. The van der Waals surface area contributed by atoms with E-state index in [1.165, 1.54) is 6.92 Å². The number of amides is 1. The Morgan fingerprint density at radius 1 is 1.39 bits per heavy atom. The molecule has 0 fully saturated rings. The van der Waals surface area contributed by atoms with Crippen LogP contribution in [-0.4, -0.2) is 52.9 Å². The molecule has 0 aromatic heterocycles. The zero-order valence-electron chi connectivity index (χ0n) is 10.3. The number of nitrogens with two attached hydrogens (primary N) is 1.